The van der Waals surface area contributed by atoms with E-state index < -0.39 is 0 Å². The van der Waals surface area contributed by atoms with Gasteiger partial charge in [0, 0.05) is 5.56 Å². The van der Waals surface area contributed by atoms with Crippen molar-refractivity contribution in [3.63, 3.8) is 0 Å². The summed E-state index contributed by atoms with van der Waals surface area (Å²) in [6, 6.07) is 24.5. The van der Waals surface area contributed by atoms with E-state index in [1.165, 1.54) is 22.3 Å². The Morgan fingerprint density at radius 2 is 1.54 bits per heavy atom. The molecule has 0 fully saturated rings. The van der Waals surface area contributed by atoms with E-state index in [1.807, 2.05) is 37.3 Å². The third-order valence-corrected chi connectivity index (χ3v) is 4.69. The second-order valence-corrected chi connectivity index (χ2v) is 6.34. The molecule has 0 radical (unpaired) electrons. The van der Waals surface area contributed by atoms with Crippen molar-refractivity contribution in [2.45, 2.75) is 19.4 Å². The molecule has 0 aromatic heterocycles. The van der Waals surface area contributed by atoms with Crippen LogP contribution in [-0.2, 0) is 6.42 Å². The third kappa shape index (κ3) is 2.61. The Morgan fingerprint density at radius 1 is 0.875 bits per heavy atom. The predicted molar refractivity (Wildman–Crippen MR) is 97.0 cm³/mol. The van der Waals surface area contributed by atoms with Crippen LogP contribution in [0.1, 0.15) is 33.1 Å². The minimum Gasteiger partial charge on any atom is -0.345 e. The number of rotatable bonds is 2. The van der Waals surface area contributed by atoms with E-state index in [4.69, 9.17) is 0 Å². The molecular formula is C22H19NO. The van der Waals surface area contributed by atoms with Crippen molar-refractivity contribution in [1.82, 2.24) is 5.32 Å². The normalized spacial score (nSPS) is 15.3. The quantitative estimate of drug-likeness (QED) is 0.730. The van der Waals surface area contributed by atoms with Crippen LogP contribution in [0.3, 0.4) is 0 Å². The van der Waals surface area contributed by atoms with E-state index in [2.05, 4.69) is 47.8 Å². The van der Waals surface area contributed by atoms with Gasteiger partial charge in [-0.05, 0) is 47.7 Å². The van der Waals surface area contributed by atoms with Gasteiger partial charge in [0.15, 0.2) is 0 Å². The monoisotopic (exact) mass is 313 g/mol. The molecule has 0 heterocycles. The summed E-state index contributed by atoms with van der Waals surface area (Å²) >= 11 is 0. The van der Waals surface area contributed by atoms with Crippen molar-refractivity contribution in [1.29, 1.82) is 0 Å². The van der Waals surface area contributed by atoms with Crippen LogP contribution in [0.15, 0.2) is 72.8 Å². The Kier molecular flexibility index (Phi) is 3.66. The molecule has 2 nitrogen and oxygen atoms in total. The molecule has 4 rings (SSSR count). The van der Waals surface area contributed by atoms with Crippen LogP contribution in [0, 0.1) is 6.92 Å². The molecule has 0 spiro atoms. The predicted octanol–water partition coefficient (Wildman–Crippen LogP) is 4.69. The Balaban J connectivity index is 1.67. The molecule has 1 atom stereocenters. The van der Waals surface area contributed by atoms with E-state index in [9.17, 15) is 4.79 Å². The first-order valence-electron chi connectivity index (χ1n) is 8.27. The minimum absolute atomic E-state index is 0.00454. The molecule has 0 saturated heterocycles. The Labute approximate surface area is 142 Å². The minimum atomic E-state index is -0.0193. The second-order valence-electron chi connectivity index (χ2n) is 6.34. The maximum Gasteiger partial charge on any atom is 0.251 e. The summed E-state index contributed by atoms with van der Waals surface area (Å²) in [6.07, 6.45) is 0.824. The molecule has 0 bridgehead atoms. The highest BCUT2D eigenvalue weighted by Crippen LogP contribution is 2.38. The van der Waals surface area contributed by atoms with Gasteiger partial charge in [-0.15, -0.1) is 0 Å². The lowest BCUT2D eigenvalue weighted by Gasteiger charge is -2.28. The zero-order chi connectivity index (χ0) is 16.5. The first-order valence-corrected chi connectivity index (χ1v) is 8.27. The molecule has 1 aliphatic carbocycles. The molecule has 3 aromatic carbocycles. The van der Waals surface area contributed by atoms with Gasteiger partial charge in [0.05, 0.1) is 6.04 Å². The fourth-order valence-corrected chi connectivity index (χ4v) is 3.41. The van der Waals surface area contributed by atoms with Crippen molar-refractivity contribution in [2.75, 3.05) is 0 Å². The van der Waals surface area contributed by atoms with E-state index in [1.54, 1.807) is 0 Å². The molecule has 0 saturated carbocycles. The van der Waals surface area contributed by atoms with Gasteiger partial charge in [-0.25, -0.2) is 0 Å². The van der Waals surface area contributed by atoms with Crippen LogP contribution in [0.2, 0.25) is 0 Å². The highest BCUT2D eigenvalue weighted by atomic mass is 16.1. The summed E-state index contributed by atoms with van der Waals surface area (Å²) in [7, 11) is 0. The fourth-order valence-electron chi connectivity index (χ4n) is 3.41. The van der Waals surface area contributed by atoms with Crippen LogP contribution in [0.5, 0.6) is 0 Å². The van der Waals surface area contributed by atoms with Gasteiger partial charge >= 0.3 is 0 Å². The molecular weight excluding hydrogens is 294 g/mol. The molecule has 3 aromatic rings. The van der Waals surface area contributed by atoms with Crippen molar-refractivity contribution >= 4 is 5.91 Å². The molecule has 1 aliphatic rings. The SMILES string of the molecule is Cc1ccc(C(=O)N[C@H]2Cc3ccccc3-c3ccccc32)cc1. The molecule has 24 heavy (non-hydrogen) atoms. The highest BCUT2D eigenvalue weighted by Gasteiger charge is 2.25. The third-order valence-electron chi connectivity index (χ3n) is 4.69. The van der Waals surface area contributed by atoms with Crippen LogP contribution < -0.4 is 5.32 Å². The number of nitrogens with one attached hydrogen (secondary N) is 1. The molecule has 1 N–H and O–H groups in total. The van der Waals surface area contributed by atoms with Gasteiger partial charge in [0.1, 0.15) is 0 Å². The van der Waals surface area contributed by atoms with Crippen LogP contribution in [0.25, 0.3) is 11.1 Å². The van der Waals surface area contributed by atoms with Crippen molar-refractivity contribution < 1.29 is 4.79 Å². The van der Waals surface area contributed by atoms with Gasteiger partial charge in [-0.3, -0.25) is 4.79 Å². The first kappa shape index (κ1) is 14.7. The van der Waals surface area contributed by atoms with E-state index in [0.717, 1.165) is 12.0 Å². The zero-order valence-electron chi connectivity index (χ0n) is 13.6. The lowest BCUT2D eigenvalue weighted by molar-refractivity contribution is 0.0936. The molecule has 2 heteroatoms. The van der Waals surface area contributed by atoms with Gasteiger partial charge in [0.25, 0.3) is 5.91 Å². The summed E-state index contributed by atoms with van der Waals surface area (Å²) in [5, 5.41) is 3.21. The zero-order valence-corrected chi connectivity index (χ0v) is 13.6. The van der Waals surface area contributed by atoms with Gasteiger partial charge in [0.2, 0.25) is 0 Å². The largest absolute Gasteiger partial charge is 0.345 e. The van der Waals surface area contributed by atoms with Crippen molar-refractivity contribution in [2.24, 2.45) is 0 Å². The average molecular weight is 313 g/mol. The Hall–Kier alpha value is -2.87. The summed E-state index contributed by atoms with van der Waals surface area (Å²) in [4.78, 5) is 12.6. The van der Waals surface area contributed by atoms with Gasteiger partial charge < -0.3 is 5.32 Å². The van der Waals surface area contributed by atoms with Crippen LogP contribution in [-0.4, -0.2) is 5.91 Å². The first-order chi connectivity index (χ1) is 11.7. The molecule has 118 valence electrons. The summed E-state index contributed by atoms with van der Waals surface area (Å²) < 4.78 is 0. The second kappa shape index (κ2) is 5.97. The Bertz CT molecular complexity index is 896. The summed E-state index contributed by atoms with van der Waals surface area (Å²) in [5.41, 5.74) is 6.82. The number of hydrogen-bond donors (Lipinski definition) is 1. The lowest BCUT2D eigenvalue weighted by atomic mass is 9.82. The number of benzene rings is 3. The summed E-state index contributed by atoms with van der Waals surface area (Å²) in [5.74, 6) is -0.0193. The van der Waals surface area contributed by atoms with E-state index in [0.29, 0.717) is 5.56 Å². The number of carbonyl (C=O) groups is 1. The van der Waals surface area contributed by atoms with E-state index in [-0.39, 0.29) is 11.9 Å². The number of hydrogen-bond acceptors (Lipinski definition) is 1. The summed E-state index contributed by atoms with van der Waals surface area (Å²) in [6.45, 7) is 2.02. The smallest absolute Gasteiger partial charge is 0.251 e. The number of aryl methyl sites for hydroxylation is 1. The maximum atomic E-state index is 12.6. The number of amides is 1. The maximum absolute atomic E-state index is 12.6. The van der Waals surface area contributed by atoms with Crippen molar-refractivity contribution in [3.05, 3.63) is 95.1 Å². The van der Waals surface area contributed by atoms with Gasteiger partial charge in [-0.1, -0.05) is 66.2 Å². The number of fused-ring (bicyclic) bond motifs is 3. The molecule has 0 aliphatic heterocycles. The lowest BCUT2D eigenvalue weighted by Crippen LogP contribution is -2.31. The van der Waals surface area contributed by atoms with Crippen LogP contribution >= 0.6 is 0 Å². The molecule has 0 unspecified atom stereocenters. The fraction of sp³-hybridized carbons (Fsp3) is 0.136. The number of carbonyl (C=O) groups excluding carboxylic acids is 1. The topological polar surface area (TPSA) is 29.1 Å². The van der Waals surface area contributed by atoms with E-state index >= 15 is 0 Å². The highest BCUT2D eigenvalue weighted by molar-refractivity contribution is 5.94. The average Bonchev–Trinajstić information content (AvgIpc) is 2.62. The van der Waals surface area contributed by atoms with Gasteiger partial charge in [-0.2, -0.15) is 0 Å². The Morgan fingerprint density at radius 3 is 2.33 bits per heavy atom. The van der Waals surface area contributed by atoms with Crippen LogP contribution in [0.4, 0.5) is 0 Å². The van der Waals surface area contributed by atoms with Crippen molar-refractivity contribution in [3.8, 4) is 11.1 Å². The molecule has 1 amide bonds. The standard InChI is InChI=1S/C22H19NO/c1-15-10-12-16(13-11-15)22(24)23-21-14-17-6-2-3-7-18(17)19-8-4-5-9-20(19)21/h2-13,21H,14H2,1H3,(H,23,24)/t21-/m0/s1.